The highest BCUT2D eigenvalue weighted by atomic mass is 16.2. The summed E-state index contributed by atoms with van der Waals surface area (Å²) >= 11 is 0. The van der Waals surface area contributed by atoms with Crippen molar-refractivity contribution < 1.29 is 14.1 Å². The normalized spacial score (nSPS) is 21.6. The SMILES string of the molecule is CC(=O)[N+]1(C(C)=O)CCNC1. The van der Waals surface area contributed by atoms with Gasteiger partial charge in [-0.15, -0.1) is 0 Å². The molecule has 0 spiro atoms. The lowest BCUT2D eigenvalue weighted by Gasteiger charge is -2.23. The molecule has 0 aliphatic carbocycles. The number of hydrogen-bond donors (Lipinski definition) is 1. The quantitative estimate of drug-likeness (QED) is 0.480. The molecule has 1 aliphatic rings. The molecule has 0 aromatic rings. The van der Waals surface area contributed by atoms with Gasteiger partial charge in [0.2, 0.25) is 0 Å². The van der Waals surface area contributed by atoms with Crippen LogP contribution < -0.4 is 5.32 Å². The molecule has 0 atom stereocenters. The Kier molecular flexibility index (Phi) is 2.06. The van der Waals surface area contributed by atoms with Crippen molar-refractivity contribution in [2.24, 2.45) is 0 Å². The van der Waals surface area contributed by atoms with Crippen LogP contribution in [0.25, 0.3) is 0 Å². The molecular formula is C7H13N2O2+. The van der Waals surface area contributed by atoms with Gasteiger partial charge in [0.05, 0.1) is 20.4 Å². The van der Waals surface area contributed by atoms with Crippen LogP contribution in [0, 0.1) is 0 Å². The van der Waals surface area contributed by atoms with Crippen LogP contribution in [0.3, 0.4) is 0 Å². The first kappa shape index (κ1) is 8.36. The average Bonchev–Trinajstić information content (AvgIpc) is 2.34. The second kappa shape index (κ2) is 2.71. The highest BCUT2D eigenvalue weighted by Gasteiger charge is 2.41. The third-order valence-electron chi connectivity index (χ3n) is 2.26. The van der Waals surface area contributed by atoms with E-state index in [1.165, 1.54) is 13.8 Å². The molecule has 1 aliphatic heterocycles. The largest absolute Gasteiger partial charge is 0.319 e. The van der Waals surface area contributed by atoms with Gasteiger partial charge in [0.1, 0.15) is 13.2 Å². The van der Waals surface area contributed by atoms with Crippen LogP contribution in [-0.2, 0) is 9.59 Å². The number of nitrogens with one attached hydrogen (secondary N) is 1. The van der Waals surface area contributed by atoms with Crippen LogP contribution in [-0.4, -0.2) is 36.1 Å². The molecule has 1 saturated heterocycles. The summed E-state index contributed by atoms with van der Waals surface area (Å²) in [7, 11) is 0. The summed E-state index contributed by atoms with van der Waals surface area (Å²) in [5, 5.41) is 3.01. The highest BCUT2D eigenvalue weighted by molar-refractivity contribution is 5.82. The number of imide groups is 1. The van der Waals surface area contributed by atoms with E-state index in [9.17, 15) is 9.59 Å². The van der Waals surface area contributed by atoms with Crippen molar-refractivity contribution >= 4 is 11.8 Å². The standard InChI is InChI=1S/C7H13N2O2/c1-6(10)9(7(2)11)4-3-8-5-9/h8H,3-5H2,1-2H3/q+1. The molecule has 4 nitrogen and oxygen atoms in total. The summed E-state index contributed by atoms with van der Waals surface area (Å²) in [5.41, 5.74) is 0. The molecule has 0 aromatic carbocycles. The van der Waals surface area contributed by atoms with Crippen molar-refractivity contribution in [2.75, 3.05) is 19.8 Å². The minimum absolute atomic E-state index is 0.0278. The fourth-order valence-corrected chi connectivity index (χ4v) is 1.38. The maximum absolute atomic E-state index is 11.1. The molecule has 0 aromatic heterocycles. The first-order valence-electron chi connectivity index (χ1n) is 3.70. The summed E-state index contributed by atoms with van der Waals surface area (Å²) in [6, 6.07) is 0. The zero-order chi connectivity index (χ0) is 8.48. The molecule has 2 amide bonds. The molecule has 1 fully saturated rings. The van der Waals surface area contributed by atoms with Crippen molar-refractivity contribution in [3.8, 4) is 0 Å². The van der Waals surface area contributed by atoms with E-state index in [1.807, 2.05) is 0 Å². The van der Waals surface area contributed by atoms with Crippen molar-refractivity contribution in [2.45, 2.75) is 13.8 Å². The van der Waals surface area contributed by atoms with Gasteiger partial charge in [-0.05, 0) is 0 Å². The minimum atomic E-state index is -0.0671. The smallest absolute Gasteiger partial charge is 0.264 e. The zero-order valence-corrected chi connectivity index (χ0v) is 6.89. The van der Waals surface area contributed by atoms with Gasteiger partial charge in [0.15, 0.2) is 0 Å². The fraction of sp³-hybridized carbons (Fsp3) is 0.714. The number of nitrogens with zero attached hydrogens (tertiary/aromatic N) is 1. The van der Waals surface area contributed by atoms with Gasteiger partial charge in [-0.25, -0.2) is 9.59 Å². The molecule has 1 heterocycles. The molecule has 0 bridgehead atoms. The predicted octanol–water partition coefficient (Wildman–Crippen LogP) is -0.543. The third-order valence-corrected chi connectivity index (χ3v) is 2.26. The summed E-state index contributed by atoms with van der Waals surface area (Å²) in [4.78, 5) is 22.2. The van der Waals surface area contributed by atoms with Crippen LogP contribution in [0.5, 0.6) is 0 Å². The molecule has 4 heteroatoms. The van der Waals surface area contributed by atoms with Gasteiger partial charge in [-0.3, -0.25) is 5.32 Å². The van der Waals surface area contributed by atoms with Crippen molar-refractivity contribution in [3.05, 3.63) is 0 Å². The number of rotatable bonds is 0. The molecule has 0 unspecified atom stereocenters. The van der Waals surface area contributed by atoms with E-state index in [0.717, 1.165) is 6.54 Å². The van der Waals surface area contributed by atoms with E-state index in [1.54, 1.807) is 0 Å². The topological polar surface area (TPSA) is 46.2 Å². The summed E-state index contributed by atoms with van der Waals surface area (Å²) in [6.07, 6.45) is 0. The Balaban J connectivity index is 2.87. The number of carbonyl (C=O) groups excluding carboxylic acids is 2. The summed E-state index contributed by atoms with van der Waals surface area (Å²) in [5.74, 6) is -0.134. The number of quaternary nitrogens is 1. The van der Waals surface area contributed by atoms with Gasteiger partial charge in [0, 0.05) is 0 Å². The molecule has 11 heavy (non-hydrogen) atoms. The first-order valence-corrected chi connectivity index (χ1v) is 3.70. The average molecular weight is 157 g/mol. The van der Waals surface area contributed by atoms with Crippen LogP contribution in [0.2, 0.25) is 0 Å². The lowest BCUT2D eigenvalue weighted by molar-refractivity contribution is -0.764. The van der Waals surface area contributed by atoms with E-state index in [4.69, 9.17) is 0 Å². The van der Waals surface area contributed by atoms with Gasteiger partial charge in [0.25, 0.3) is 0 Å². The Morgan fingerprint density at radius 1 is 1.27 bits per heavy atom. The number of hydrogen-bond acceptors (Lipinski definition) is 3. The molecule has 0 radical (unpaired) electrons. The Labute approximate surface area is 65.8 Å². The molecule has 1 N–H and O–H groups in total. The van der Waals surface area contributed by atoms with E-state index in [2.05, 4.69) is 5.32 Å². The molecule has 62 valence electrons. The van der Waals surface area contributed by atoms with Crippen LogP contribution in [0.4, 0.5) is 0 Å². The Bertz CT molecular complexity index is 179. The number of amides is 2. The predicted molar refractivity (Wildman–Crippen MR) is 39.4 cm³/mol. The van der Waals surface area contributed by atoms with Gasteiger partial charge < -0.3 is 0 Å². The monoisotopic (exact) mass is 157 g/mol. The Morgan fingerprint density at radius 2 is 1.82 bits per heavy atom. The molecule has 0 saturated carbocycles. The van der Waals surface area contributed by atoms with Gasteiger partial charge in [-0.1, -0.05) is 0 Å². The van der Waals surface area contributed by atoms with Crippen molar-refractivity contribution in [1.82, 2.24) is 5.32 Å². The van der Waals surface area contributed by atoms with Crippen LogP contribution in [0.1, 0.15) is 13.8 Å². The Morgan fingerprint density at radius 3 is 2.00 bits per heavy atom. The van der Waals surface area contributed by atoms with Gasteiger partial charge in [-0.2, -0.15) is 4.48 Å². The maximum Gasteiger partial charge on any atom is 0.319 e. The Hall–Kier alpha value is -0.740. The zero-order valence-electron chi connectivity index (χ0n) is 6.89. The van der Waals surface area contributed by atoms with Crippen LogP contribution >= 0.6 is 0 Å². The fourth-order valence-electron chi connectivity index (χ4n) is 1.38. The summed E-state index contributed by atoms with van der Waals surface area (Å²) < 4.78 is -0.0278. The molecule has 1 rings (SSSR count). The van der Waals surface area contributed by atoms with E-state index >= 15 is 0 Å². The first-order chi connectivity index (χ1) is 5.09. The van der Waals surface area contributed by atoms with Gasteiger partial charge >= 0.3 is 11.8 Å². The third kappa shape index (κ3) is 1.19. The highest BCUT2D eigenvalue weighted by Crippen LogP contribution is 2.10. The van der Waals surface area contributed by atoms with Crippen LogP contribution in [0.15, 0.2) is 0 Å². The molecular weight excluding hydrogens is 144 g/mol. The second-order valence-corrected chi connectivity index (χ2v) is 2.89. The lowest BCUT2D eigenvalue weighted by Crippen LogP contribution is -2.53. The minimum Gasteiger partial charge on any atom is -0.264 e. The van der Waals surface area contributed by atoms with E-state index < -0.39 is 0 Å². The second-order valence-electron chi connectivity index (χ2n) is 2.89. The van der Waals surface area contributed by atoms with E-state index in [-0.39, 0.29) is 16.3 Å². The maximum atomic E-state index is 11.1. The number of carbonyl (C=O) groups is 2. The van der Waals surface area contributed by atoms with E-state index in [0.29, 0.717) is 13.2 Å². The van der Waals surface area contributed by atoms with Crippen molar-refractivity contribution in [1.29, 1.82) is 0 Å². The van der Waals surface area contributed by atoms with Crippen molar-refractivity contribution in [3.63, 3.8) is 0 Å². The lowest BCUT2D eigenvalue weighted by atomic mass is 10.4. The summed E-state index contributed by atoms with van der Waals surface area (Å²) in [6.45, 7) is 4.75.